The van der Waals surface area contributed by atoms with E-state index in [1.807, 2.05) is 12.3 Å². The van der Waals surface area contributed by atoms with Crippen LogP contribution in [0.15, 0.2) is 42.6 Å². The SMILES string of the molecule is O=C(NCCc1c[nH]c2ccc(O)cc12)c1ccc(Cl)cc1Cl. The molecular weight excluding hydrogens is 335 g/mol. The standard InChI is InChI=1S/C17H14Cl2N2O2/c18-11-1-3-13(15(19)7-11)17(23)20-6-5-10-9-21-16-4-2-12(22)8-14(10)16/h1-4,7-9,21-22H,5-6H2,(H,20,23). The van der Waals surface area contributed by atoms with Crippen molar-refractivity contribution in [3.8, 4) is 5.75 Å². The second-order valence-electron chi connectivity index (χ2n) is 5.17. The number of phenols is 1. The number of carbonyl (C=O) groups excluding carboxylic acids is 1. The zero-order chi connectivity index (χ0) is 16.4. The lowest BCUT2D eigenvalue weighted by Gasteiger charge is -2.07. The maximum atomic E-state index is 12.1. The first kappa shape index (κ1) is 15.7. The van der Waals surface area contributed by atoms with E-state index in [1.54, 1.807) is 30.3 Å². The van der Waals surface area contributed by atoms with Crippen LogP contribution >= 0.6 is 23.2 Å². The number of aromatic amines is 1. The van der Waals surface area contributed by atoms with Crippen LogP contribution in [0.2, 0.25) is 10.0 Å². The van der Waals surface area contributed by atoms with Crippen molar-refractivity contribution in [2.75, 3.05) is 6.54 Å². The van der Waals surface area contributed by atoms with Gasteiger partial charge < -0.3 is 15.4 Å². The summed E-state index contributed by atoms with van der Waals surface area (Å²) in [7, 11) is 0. The molecule has 1 heterocycles. The molecule has 2 aromatic carbocycles. The van der Waals surface area contributed by atoms with E-state index in [0.717, 1.165) is 16.5 Å². The number of nitrogens with one attached hydrogen (secondary N) is 2. The Morgan fingerprint density at radius 3 is 2.78 bits per heavy atom. The summed E-state index contributed by atoms with van der Waals surface area (Å²) in [6.07, 6.45) is 2.52. The number of amides is 1. The maximum absolute atomic E-state index is 12.1. The molecule has 1 amide bonds. The van der Waals surface area contributed by atoms with Crippen LogP contribution in [0, 0.1) is 0 Å². The van der Waals surface area contributed by atoms with Gasteiger partial charge in [0, 0.05) is 28.7 Å². The molecule has 0 fully saturated rings. The molecule has 3 aromatic rings. The van der Waals surface area contributed by atoms with E-state index in [4.69, 9.17) is 23.2 Å². The molecule has 23 heavy (non-hydrogen) atoms. The van der Waals surface area contributed by atoms with Gasteiger partial charge in [-0.2, -0.15) is 0 Å². The largest absolute Gasteiger partial charge is 0.508 e. The van der Waals surface area contributed by atoms with Crippen molar-refractivity contribution in [3.05, 3.63) is 63.8 Å². The summed E-state index contributed by atoms with van der Waals surface area (Å²) in [5, 5.41) is 14.2. The van der Waals surface area contributed by atoms with Crippen molar-refractivity contribution < 1.29 is 9.90 Å². The molecule has 0 bridgehead atoms. The minimum atomic E-state index is -0.241. The van der Waals surface area contributed by atoms with Gasteiger partial charge in [-0.15, -0.1) is 0 Å². The van der Waals surface area contributed by atoms with Crippen molar-refractivity contribution in [1.29, 1.82) is 0 Å². The third-order valence-corrected chi connectivity index (χ3v) is 4.15. The van der Waals surface area contributed by atoms with Gasteiger partial charge in [0.05, 0.1) is 10.6 Å². The molecular formula is C17H14Cl2N2O2. The molecule has 0 unspecified atom stereocenters. The minimum absolute atomic E-state index is 0.218. The summed E-state index contributed by atoms with van der Waals surface area (Å²) >= 11 is 11.8. The van der Waals surface area contributed by atoms with Gasteiger partial charge in [-0.25, -0.2) is 0 Å². The van der Waals surface area contributed by atoms with Crippen molar-refractivity contribution in [2.24, 2.45) is 0 Å². The first-order chi connectivity index (χ1) is 11.0. The van der Waals surface area contributed by atoms with Gasteiger partial charge in [0.1, 0.15) is 5.75 Å². The number of aromatic hydroxyl groups is 1. The van der Waals surface area contributed by atoms with Gasteiger partial charge >= 0.3 is 0 Å². The first-order valence-corrected chi connectivity index (χ1v) is 7.82. The molecule has 1 aromatic heterocycles. The van der Waals surface area contributed by atoms with E-state index in [9.17, 15) is 9.90 Å². The number of fused-ring (bicyclic) bond motifs is 1. The fourth-order valence-electron chi connectivity index (χ4n) is 2.45. The molecule has 4 nitrogen and oxygen atoms in total. The number of rotatable bonds is 4. The highest BCUT2D eigenvalue weighted by molar-refractivity contribution is 6.36. The molecule has 0 aliphatic carbocycles. The molecule has 0 saturated carbocycles. The van der Waals surface area contributed by atoms with Crippen LogP contribution in [0.4, 0.5) is 0 Å². The van der Waals surface area contributed by atoms with Crippen LogP contribution in [0.1, 0.15) is 15.9 Å². The van der Waals surface area contributed by atoms with Gasteiger partial charge in [-0.1, -0.05) is 23.2 Å². The average molecular weight is 349 g/mol. The summed E-state index contributed by atoms with van der Waals surface area (Å²) in [6.45, 7) is 0.459. The van der Waals surface area contributed by atoms with Gasteiger partial charge in [0.2, 0.25) is 0 Å². The summed E-state index contributed by atoms with van der Waals surface area (Å²) in [6, 6.07) is 9.93. The Labute approximate surface area is 143 Å². The highest BCUT2D eigenvalue weighted by Gasteiger charge is 2.11. The number of carbonyl (C=O) groups is 1. The maximum Gasteiger partial charge on any atom is 0.252 e. The lowest BCUT2D eigenvalue weighted by atomic mass is 10.1. The van der Waals surface area contributed by atoms with Gasteiger partial charge in [-0.3, -0.25) is 4.79 Å². The normalized spacial score (nSPS) is 10.9. The summed E-state index contributed by atoms with van der Waals surface area (Å²) in [5.74, 6) is -0.0234. The third-order valence-electron chi connectivity index (χ3n) is 3.61. The van der Waals surface area contributed by atoms with E-state index in [1.165, 1.54) is 0 Å². The van der Waals surface area contributed by atoms with Gasteiger partial charge in [0.25, 0.3) is 5.91 Å². The summed E-state index contributed by atoms with van der Waals surface area (Å²) in [4.78, 5) is 15.3. The van der Waals surface area contributed by atoms with E-state index >= 15 is 0 Å². The smallest absolute Gasteiger partial charge is 0.252 e. The van der Waals surface area contributed by atoms with E-state index in [0.29, 0.717) is 28.6 Å². The fraction of sp³-hybridized carbons (Fsp3) is 0.118. The van der Waals surface area contributed by atoms with E-state index < -0.39 is 0 Å². The Hall–Kier alpha value is -2.17. The lowest BCUT2D eigenvalue weighted by molar-refractivity contribution is 0.0954. The number of halogens is 2. The molecule has 0 aliphatic heterocycles. The number of benzene rings is 2. The Bertz CT molecular complexity index is 874. The molecule has 3 N–H and O–H groups in total. The Morgan fingerprint density at radius 2 is 2.00 bits per heavy atom. The van der Waals surface area contributed by atoms with Gasteiger partial charge in [0.15, 0.2) is 0 Å². The van der Waals surface area contributed by atoms with Crippen LogP contribution in [0.3, 0.4) is 0 Å². The highest BCUT2D eigenvalue weighted by atomic mass is 35.5. The van der Waals surface area contributed by atoms with Crippen molar-refractivity contribution in [2.45, 2.75) is 6.42 Å². The third kappa shape index (κ3) is 3.44. The fourth-order valence-corrected chi connectivity index (χ4v) is 2.95. The molecule has 0 aliphatic rings. The lowest BCUT2D eigenvalue weighted by Crippen LogP contribution is -2.25. The zero-order valence-corrected chi connectivity index (χ0v) is 13.6. The van der Waals surface area contributed by atoms with Crippen LogP contribution in [0.5, 0.6) is 5.75 Å². The molecule has 0 spiro atoms. The molecule has 0 radical (unpaired) electrons. The predicted molar refractivity (Wildman–Crippen MR) is 92.5 cm³/mol. The molecule has 6 heteroatoms. The van der Waals surface area contributed by atoms with Crippen LogP contribution in [-0.4, -0.2) is 22.5 Å². The monoisotopic (exact) mass is 348 g/mol. The summed E-state index contributed by atoms with van der Waals surface area (Å²) < 4.78 is 0. The number of aromatic nitrogens is 1. The Kier molecular flexibility index (Phi) is 4.46. The number of hydrogen-bond donors (Lipinski definition) is 3. The molecule has 118 valence electrons. The second-order valence-corrected chi connectivity index (χ2v) is 6.02. The van der Waals surface area contributed by atoms with E-state index in [2.05, 4.69) is 10.3 Å². The Morgan fingerprint density at radius 1 is 1.17 bits per heavy atom. The van der Waals surface area contributed by atoms with Crippen molar-refractivity contribution in [1.82, 2.24) is 10.3 Å². The Balaban J connectivity index is 1.66. The molecule has 0 saturated heterocycles. The van der Waals surface area contributed by atoms with Crippen molar-refractivity contribution in [3.63, 3.8) is 0 Å². The number of hydrogen-bond acceptors (Lipinski definition) is 2. The van der Waals surface area contributed by atoms with Crippen LogP contribution in [0.25, 0.3) is 10.9 Å². The number of H-pyrrole nitrogens is 1. The first-order valence-electron chi connectivity index (χ1n) is 7.07. The highest BCUT2D eigenvalue weighted by Crippen LogP contribution is 2.23. The summed E-state index contributed by atoms with van der Waals surface area (Å²) in [5.41, 5.74) is 2.37. The quantitative estimate of drug-likeness (QED) is 0.662. The molecule has 3 rings (SSSR count). The van der Waals surface area contributed by atoms with E-state index in [-0.39, 0.29) is 11.7 Å². The predicted octanol–water partition coefficient (Wildman–Crippen LogP) is 4.15. The molecule has 0 atom stereocenters. The average Bonchev–Trinajstić information content (AvgIpc) is 2.89. The zero-order valence-electron chi connectivity index (χ0n) is 12.1. The topological polar surface area (TPSA) is 65.1 Å². The minimum Gasteiger partial charge on any atom is -0.508 e. The number of phenolic OH excluding ortho intramolecular Hbond substituents is 1. The van der Waals surface area contributed by atoms with Crippen LogP contribution < -0.4 is 5.32 Å². The van der Waals surface area contributed by atoms with Crippen LogP contribution in [-0.2, 0) is 6.42 Å². The van der Waals surface area contributed by atoms with Gasteiger partial charge in [-0.05, 0) is 48.4 Å². The second kappa shape index (κ2) is 6.52. The van der Waals surface area contributed by atoms with Crippen molar-refractivity contribution >= 4 is 40.0 Å².